The van der Waals surface area contributed by atoms with Crippen molar-refractivity contribution >= 4 is 5.52 Å². The molecular formula is C21H17F2N3O3. The van der Waals surface area contributed by atoms with Crippen LogP contribution in [0.5, 0.6) is 5.75 Å². The zero-order chi connectivity index (χ0) is 20.5. The van der Waals surface area contributed by atoms with Crippen LogP contribution in [0.1, 0.15) is 11.1 Å². The third-order valence-corrected chi connectivity index (χ3v) is 4.74. The van der Waals surface area contributed by atoms with Gasteiger partial charge in [0.2, 0.25) is 0 Å². The molecule has 0 spiro atoms. The number of rotatable bonds is 5. The molecule has 0 amide bonds. The van der Waals surface area contributed by atoms with Crippen LogP contribution in [0, 0.1) is 11.6 Å². The van der Waals surface area contributed by atoms with Crippen LogP contribution in [0.15, 0.2) is 59.7 Å². The smallest absolute Gasteiger partial charge is 0.277 e. The SMILES string of the molecule is COc1ccc(-c2nn3ccn(Cc4ccc(F)cc4F)c(=O)c3c2CO)cc1. The van der Waals surface area contributed by atoms with Gasteiger partial charge in [0.05, 0.1) is 26.0 Å². The Morgan fingerprint density at radius 1 is 1.10 bits per heavy atom. The van der Waals surface area contributed by atoms with Gasteiger partial charge in [0.1, 0.15) is 22.9 Å². The number of benzene rings is 2. The summed E-state index contributed by atoms with van der Waals surface area (Å²) in [7, 11) is 1.56. The maximum atomic E-state index is 14.0. The molecule has 0 aliphatic carbocycles. The first-order valence-electron chi connectivity index (χ1n) is 8.81. The third-order valence-electron chi connectivity index (χ3n) is 4.74. The molecule has 0 aliphatic rings. The van der Waals surface area contributed by atoms with Gasteiger partial charge in [0.25, 0.3) is 5.56 Å². The highest BCUT2D eigenvalue weighted by Crippen LogP contribution is 2.26. The first-order chi connectivity index (χ1) is 14.0. The number of aromatic nitrogens is 3. The van der Waals surface area contributed by atoms with Gasteiger partial charge >= 0.3 is 0 Å². The summed E-state index contributed by atoms with van der Waals surface area (Å²) in [4.78, 5) is 13.0. The van der Waals surface area contributed by atoms with Crippen LogP contribution < -0.4 is 10.3 Å². The molecule has 1 N–H and O–H groups in total. The minimum atomic E-state index is -0.730. The molecule has 29 heavy (non-hydrogen) atoms. The van der Waals surface area contributed by atoms with Crippen LogP contribution in [0.4, 0.5) is 8.78 Å². The fraction of sp³-hybridized carbons (Fsp3) is 0.143. The first-order valence-corrected chi connectivity index (χ1v) is 8.81. The number of fused-ring (bicyclic) bond motifs is 1. The molecule has 0 unspecified atom stereocenters. The van der Waals surface area contributed by atoms with Crippen molar-refractivity contribution in [3.05, 3.63) is 88.0 Å². The van der Waals surface area contributed by atoms with Crippen molar-refractivity contribution in [3.8, 4) is 17.0 Å². The van der Waals surface area contributed by atoms with E-state index in [1.54, 1.807) is 37.6 Å². The van der Waals surface area contributed by atoms with E-state index in [9.17, 15) is 18.7 Å². The molecule has 148 valence electrons. The summed E-state index contributed by atoms with van der Waals surface area (Å²) in [5.41, 5.74) is 1.50. The third kappa shape index (κ3) is 3.38. The van der Waals surface area contributed by atoms with Crippen molar-refractivity contribution in [2.24, 2.45) is 0 Å². The topological polar surface area (TPSA) is 68.8 Å². The zero-order valence-electron chi connectivity index (χ0n) is 15.5. The van der Waals surface area contributed by atoms with Crippen molar-refractivity contribution in [2.45, 2.75) is 13.2 Å². The highest BCUT2D eigenvalue weighted by molar-refractivity contribution is 5.72. The number of methoxy groups -OCH3 is 1. The van der Waals surface area contributed by atoms with E-state index in [-0.39, 0.29) is 17.6 Å². The van der Waals surface area contributed by atoms with Crippen molar-refractivity contribution in [1.29, 1.82) is 0 Å². The fourth-order valence-electron chi connectivity index (χ4n) is 3.24. The van der Waals surface area contributed by atoms with E-state index in [1.165, 1.54) is 21.3 Å². The summed E-state index contributed by atoms with van der Waals surface area (Å²) >= 11 is 0. The zero-order valence-corrected chi connectivity index (χ0v) is 15.5. The molecule has 8 heteroatoms. The molecule has 0 saturated heterocycles. The molecule has 0 saturated carbocycles. The number of ether oxygens (including phenoxy) is 1. The summed E-state index contributed by atoms with van der Waals surface area (Å²) in [6, 6.07) is 10.3. The standard InChI is InChI=1S/C21H17F2N3O3/c1-29-16-6-3-13(4-7-16)19-17(12-27)20-21(28)25(8-9-26(20)24-19)11-14-2-5-15(22)10-18(14)23/h2-10,27H,11-12H2,1H3. The fourth-order valence-corrected chi connectivity index (χ4v) is 3.24. The van der Waals surface area contributed by atoms with E-state index < -0.39 is 23.8 Å². The Bertz CT molecular complexity index is 1250. The predicted molar refractivity (Wildman–Crippen MR) is 103 cm³/mol. The van der Waals surface area contributed by atoms with Crippen LogP contribution in [0.25, 0.3) is 16.8 Å². The van der Waals surface area contributed by atoms with Crippen molar-refractivity contribution in [3.63, 3.8) is 0 Å². The number of aliphatic hydroxyl groups excluding tert-OH is 1. The van der Waals surface area contributed by atoms with Crippen LogP contribution in [0.3, 0.4) is 0 Å². The summed E-state index contributed by atoms with van der Waals surface area (Å²) < 4.78 is 35.0. The lowest BCUT2D eigenvalue weighted by atomic mass is 10.1. The Labute approximate surface area is 164 Å². The lowest BCUT2D eigenvalue weighted by molar-refractivity contribution is 0.283. The average Bonchev–Trinajstić information content (AvgIpc) is 3.11. The monoisotopic (exact) mass is 397 g/mol. The maximum absolute atomic E-state index is 14.0. The number of halogens is 2. The molecule has 0 aliphatic heterocycles. The van der Waals surface area contributed by atoms with Gasteiger partial charge in [-0.1, -0.05) is 6.07 Å². The minimum absolute atomic E-state index is 0.0740. The molecule has 0 radical (unpaired) electrons. The van der Waals surface area contributed by atoms with Gasteiger partial charge in [-0.15, -0.1) is 0 Å². The average molecular weight is 397 g/mol. The Morgan fingerprint density at radius 2 is 1.86 bits per heavy atom. The lowest BCUT2D eigenvalue weighted by Gasteiger charge is -2.08. The van der Waals surface area contributed by atoms with Gasteiger partial charge in [-0.2, -0.15) is 5.10 Å². The molecule has 0 bridgehead atoms. The van der Waals surface area contributed by atoms with Gasteiger partial charge < -0.3 is 14.4 Å². The first kappa shape index (κ1) is 18.8. The van der Waals surface area contributed by atoms with Gasteiger partial charge in [-0.3, -0.25) is 4.79 Å². The Balaban J connectivity index is 1.82. The van der Waals surface area contributed by atoms with Gasteiger partial charge in [-0.05, 0) is 30.3 Å². The van der Waals surface area contributed by atoms with E-state index in [0.717, 1.165) is 12.1 Å². The molecule has 4 rings (SSSR count). The van der Waals surface area contributed by atoms with E-state index in [4.69, 9.17) is 4.74 Å². The summed E-state index contributed by atoms with van der Waals surface area (Å²) in [6.07, 6.45) is 3.04. The summed E-state index contributed by atoms with van der Waals surface area (Å²) in [5.74, 6) is -0.741. The largest absolute Gasteiger partial charge is 0.497 e. The van der Waals surface area contributed by atoms with E-state index in [0.29, 0.717) is 22.6 Å². The molecule has 0 atom stereocenters. The van der Waals surface area contributed by atoms with Gasteiger partial charge in [-0.25, -0.2) is 13.3 Å². The highest BCUT2D eigenvalue weighted by Gasteiger charge is 2.18. The van der Waals surface area contributed by atoms with E-state index >= 15 is 0 Å². The Morgan fingerprint density at radius 3 is 2.52 bits per heavy atom. The molecule has 2 aromatic heterocycles. The number of nitrogens with zero attached hydrogens (tertiary/aromatic N) is 3. The Hall–Kier alpha value is -3.52. The normalized spacial score (nSPS) is 11.2. The second-order valence-electron chi connectivity index (χ2n) is 6.47. The highest BCUT2D eigenvalue weighted by atomic mass is 19.1. The molecule has 0 fully saturated rings. The Kier molecular flexibility index (Phi) is 4.85. The molecule has 4 aromatic rings. The second kappa shape index (κ2) is 7.48. The van der Waals surface area contributed by atoms with Gasteiger partial charge in [0, 0.05) is 35.2 Å². The number of aliphatic hydroxyl groups is 1. The molecule has 2 heterocycles. The maximum Gasteiger partial charge on any atom is 0.277 e. The van der Waals surface area contributed by atoms with Crippen molar-refractivity contribution < 1.29 is 18.6 Å². The second-order valence-corrected chi connectivity index (χ2v) is 6.47. The lowest BCUT2D eigenvalue weighted by Crippen LogP contribution is -2.23. The van der Waals surface area contributed by atoms with Crippen molar-refractivity contribution in [2.75, 3.05) is 7.11 Å². The predicted octanol–water partition coefficient (Wildman–Crippen LogP) is 2.99. The van der Waals surface area contributed by atoms with Crippen LogP contribution in [-0.2, 0) is 13.2 Å². The summed E-state index contributed by atoms with van der Waals surface area (Å²) in [5, 5.41) is 14.3. The van der Waals surface area contributed by atoms with Crippen LogP contribution >= 0.6 is 0 Å². The quantitative estimate of drug-likeness (QED) is 0.562. The van der Waals surface area contributed by atoms with Gasteiger partial charge in [0.15, 0.2) is 0 Å². The number of hydrogen-bond donors (Lipinski definition) is 1. The summed E-state index contributed by atoms with van der Waals surface area (Å²) in [6.45, 7) is -0.468. The van der Waals surface area contributed by atoms with Crippen LogP contribution in [0.2, 0.25) is 0 Å². The van der Waals surface area contributed by atoms with Crippen LogP contribution in [-0.4, -0.2) is 26.4 Å². The van der Waals surface area contributed by atoms with E-state index in [2.05, 4.69) is 5.10 Å². The molecule has 2 aromatic carbocycles. The van der Waals surface area contributed by atoms with E-state index in [1.807, 2.05) is 0 Å². The minimum Gasteiger partial charge on any atom is -0.497 e. The molecular weight excluding hydrogens is 380 g/mol. The number of hydrogen-bond acceptors (Lipinski definition) is 4. The molecule has 6 nitrogen and oxygen atoms in total. The van der Waals surface area contributed by atoms with Crippen molar-refractivity contribution in [1.82, 2.24) is 14.2 Å².